The van der Waals surface area contributed by atoms with Gasteiger partial charge in [0.2, 0.25) is 10.0 Å². The van der Waals surface area contributed by atoms with Crippen LogP contribution in [0.1, 0.15) is 27.0 Å². The minimum absolute atomic E-state index is 0.0432. The fraction of sp³-hybridized carbons (Fsp3) is 0.278. The molecule has 0 heterocycles. The third-order valence-electron chi connectivity index (χ3n) is 4.04. The van der Waals surface area contributed by atoms with Crippen LogP contribution in [0.3, 0.4) is 0 Å². The Kier molecular flexibility index (Phi) is 5.20. The molecule has 0 unspecified atom stereocenters. The predicted molar refractivity (Wildman–Crippen MR) is 97.6 cm³/mol. The second-order valence-electron chi connectivity index (χ2n) is 6.18. The van der Waals surface area contributed by atoms with Crippen LogP contribution in [0.2, 0.25) is 0 Å². The number of anilines is 1. The predicted octanol–water partition coefficient (Wildman–Crippen LogP) is 2.82. The molecule has 1 amide bonds. The van der Waals surface area contributed by atoms with Crippen LogP contribution >= 0.6 is 0 Å². The van der Waals surface area contributed by atoms with Crippen LogP contribution in [-0.4, -0.2) is 37.8 Å². The number of carbonyl (C=O) groups excluding carboxylic acids is 1. The lowest BCUT2D eigenvalue weighted by Crippen LogP contribution is -2.24. The van der Waals surface area contributed by atoms with E-state index in [4.69, 9.17) is 0 Å². The summed E-state index contributed by atoms with van der Waals surface area (Å²) < 4.78 is 26.1. The van der Waals surface area contributed by atoms with Gasteiger partial charge in [-0.05, 0) is 61.7 Å². The second-order valence-corrected chi connectivity index (χ2v) is 8.30. The molecule has 134 valence electrons. The number of carbonyl (C=O) groups is 1. The van der Waals surface area contributed by atoms with E-state index >= 15 is 0 Å². The molecule has 25 heavy (non-hydrogen) atoms. The van der Waals surface area contributed by atoms with E-state index in [0.717, 1.165) is 9.87 Å². The summed E-state index contributed by atoms with van der Waals surface area (Å²) in [5.74, 6) is -0.532. The van der Waals surface area contributed by atoms with Gasteiger partial charge in [0.05, 0.1) is 10.6 Å². The first-order valence-corrected chi connectivity index (χ1v) is 9.12. The minimum Gasteiger partial charge on any atom is -0.506 e. The van der Waals surface area contributed by atoms with Crippen molar-refractivity contribution in [2.45, 2.75) is 25.7 Å². The molecule has 0 saturated heterocycles. The van der Waals surface area contributed by atoms with Crippen molar-refractivity contribution in [3.8, 4) is 5.75 Å². The maximum Gasteiger partial charge on any atom is 0.255 e. The highest BCUT2D eigenvalue weighted by Gasteiger charge is 2.23. The first kappa shape index (κ1) is 19.0. The number of phenols is 1. The number of hydrogen-bond donors (Lipinski definition) is 2. The van der Waals surface area contributed by atoms with Crippen LogP contribution < -0.4 is 5.32 Å². The molecule has 0 fully saturated rings. The molecular formula is C18H22N2O4S. The summed E-state index contributed by atoms with van der Waals surface area (Å²) in [5.41, 5.74) is 2.64. The number of nitrogens with zero attached hydrogens (tertiary/aromatic N) is 1. The monoisotopic (exact) mass is 362 g/mol. The first-order valence-electron chi connectivity index (χ1n) is 7.68. The molecule has 0 aliphatic heterocycles. The van der Waals surface area contributed by atoms with Gasteiger partial charge in [0, 0.05) is 19.7 Å². The number of hydrogen-bond acceptors (Lipinski definition) is 4. The molecule has 0 aliphatic rings. The van der Waals surface area contributed by atoms with Crippen molar-refractivity contribution in [3.63, 3.8) is 0 Å². The molecule has 0 atom stereocenters. The van der Waals surface area contributed by atoms with E-state index in [2.05, 4.69) is 5.32 Å². The highest BCUT2D eigenvalue weighted by Crippen LogP contribution is 2.27. The van der Waals surface area contributed by atoms with Crippen molar-refractivity contribution in [1.29, 1.82) is 0 Å². The zero-order valence-corrected chi connectivity index (χ0v) is 15.7. The Morgan fingerprint density at radius 1 is 1.08 bits per heavy atom. The summed E-state index contributed by atoms with van der Waals surface area (Å²) >= 11 is 0. The Labute approximate surface area is 148 Å². The third-order valence-corrected chi connectivity index (χ3v) is 5.98. The average molecular weight is 362 g/mol. The van der Waals surface area contributed by atoms with E-state index in [0.29, 0.717) is 11.1 Å². The number of phenolic OH excluding ortho intramolecular Hbond substituents is 1. The van der Waals surface area contributed by atoms with Crippen molar-refractivity contribution >= 4 is 21.6 Å². The molecule has 6 nitrogen and oxygen atoms in total. The van der Waals surface area contributed by atoms with Crippen molar-refractivity contribution in [2.75, 3.05) is 19.4 Å². The van der Waals surface area contributed by atoms with Crippen molar-refractivity contribution in [3.05, 3.63) is 52.6 Å². The Morgan fingerprint density at radius 2 is 1.72 bits per heavy atom. The first-order chi connectivity index (χ1) is 11.5. The molecule has 7 heteroatoms. The molecular weight excluding hydrogens is 340 g/mol. The molecule has 2 rings (SSSR count). The lowest BCUT2D eigenvalue weighted by Gasteiger charge is -2.16. The third kappa shape index (κ3) is 3.83. The summed E-state index contributed by atoms with van der Waals surface area (Å²) in [4.78, 5) is 12.6. The highest BCUT2D eigenvalue weighted by molar-refractivity contribution is 7.89. The Hall–Kier alpha value is -2.38. The zero-order valence-electron chi connectivity index (χ0n) is 14.9. The van der Waals surface area contributed by atoms with Gasteiger partial charge in [0.1, 0.15) is 5.75 Å². The van der Waals surface area contributed by atoms with Crippen LogP contribution in [0.5, 0.6) is 5.75 Å². The number of amides is 1. The van der Waals surface area contributed by atoms with Crippen LogP contribution in [0.25, 0.3) is 0 Å². The van der Waals surface area contributed by atoms with Crippen LogP contribution in [0, 0.1) is 20.8 Å². The van der Waals surface area contributed by atoms with Crippen LogP contribution in [-0.2, 0) is 10.0 Å². The van der Waals surface area contributed by atoms with E-state index in [-0.39, 0.29) is 21.9 Å². The molecule has 2 aromatic rings. The average Bonchev–Trinajstić information content (AvgIpc) is 2.52. The Bertz CT molecular complexity index is 934. The molecule has 0 radical (unpaired) electrons. The Morgan fingerprint density at radius 3 is 2.28 bits per heavy atom. The maximum absolute atomic E-state index is 12.5. The van der Waals surface area contributed by atoms with E-state index in [1.165, 1.54) is 26.2 Å². The molecule has 0 aromatic heterocycles. The molecule has 0 saturated carbocycles. The SMILES string of the molecule is Cc1ccc(NC(=O)c2cc(C)c(C)c(S(=O)(=O)N(C)C)c2)c(O)c1. The molecule has 2 aromatic carbocycles. The van der Waals surface area contributed by atoms with Gasteiger partial charge in [0.25, 0.3) is 5.91 Å². The van der Waals surface area contributed by atoms with E-state index < -0.39 is 15.9 Å². The number of aryl methyl sites for hydroxylation is 2. The van der Waals surface area contributed by atoms with E-state index in [1.54, 1.807) is 32.0 Å². The number of rotatable bonds is 4. The molecule has 0 spiro atoms. The van der Waals surface area contributed by atoms with Gasteiger partial charge in [-0.3, -0.25) is 4.79 Å². The standard InChI is InChI=1S/C18H22N2O4S/c1-11-6-7-15(16(21)8-11)19-18(22)14-9-12(2)13(3)17(10-14)25(23,24)20(4)5/h6-10,21H,1-5H3,(H,19,22). The van der Waals surface area contributed by atoms with E-state index in [1.807, 2.05) is 6.92 Å². The lowest BCUT2D eigenvalue weighted by molar-refractivity contribution is 0.102. The summed E-state index contributed by atoms with van der Waals surface area (Å²) in [7, 11) is -0.778. The zero-order chi connectivity index (χ0) is 18.9. The van der Waals surface area contributed by atoms with Gasteiger partial charge < -0.3 is 10.4 Å². The van der Waals surface area contributed by atoms with E-state index in [9.17, 15) is 18.3 Å². The number of nitrogens with one attached hydrogen (secondary N) is 1. The van der Waals surface area contributed by atoms with Crippen LogP contribution in [0.4, 0.5) is 5.69 Å². The van der Waals surface area contributed by atoms with Gasteiger partial charge in [-0.1, -0.05) is 6.07 Å². The molecule has 0 aliphatic carbocycles. The molecule has 2 N–H and O–H groups in total. The largest absolute Gasteiger partial charge is 0.506 e. The Balaban J connectivity index is 2.46. The van der Waals surface area contributed by atoms with Crippen molar-refractivity contribution < 1.29 is 18.3 Å². The topological polar surface area (TPSA) is 86.7 Å². The fourth-order valence-electron chi connectivity index (χ4n) is 2.36. The van der Waals surface area contributed by atoms with Gasteiger partial charge in [-0.15, -0.1) is 0 Å². The minimum atomic E-state index is -3.67. The van der Waals surface area contributed by atoms with Crippen LogP contribution in [0.15, 0.2) is 35.2 Å². The van der Waals surface area contributed by atoms with Gasteiger partial charge >= 0.3 is 0 Å². The summed E-state index contributed by atoms with van der Waals surface area (Å²) in [6.45, 7) is 5.29. The summed E-state index contributed by atoms with van der Waals surface area (Å²) in [5, 5.41) is 12.5. The number of sulfonamides is 1. The van der Waals surface area contributed by atoms with Crippen molar-refractivity contribution in [2.24, 2.45) is 0 Å². The number of benzene rings is 2. The maximum atomic E-state index is 12.5. The van der Waals surface area contributed by atoms with Gasteiger partial charge in [0.15, 0.2) is 0 Å². The van der Waals surface area contributed by atoms with Gasteiger partial charge in [-0.25, -0.2) is 12.7 Å². The summed E-state index contributed by atoms with van der Waals surface area (Å²) in [6.07, 6.45) is 0. The summed E-state index contributed by atoms with van der Waals surface area (Å²) in [6, 6.07) is 7.89. The second kappa shape index (κ2) is 6.85. The number of aromatic hydroxyl groups is 1. The quantitative estimate of drug-likeness (QED) is 0.819. The highest BCUT2D eigenvalue weighted by atomic mass is 32.2. The smallest absolute Gasteiger partial charge is 0.255 e. The lowest BCUT2D eigenvalue weighted by atomic mass is 10.1. The van der Waals surface area contributed by atoms with Crippen molar-refractivity contribution in [1.82, 2.24) is 4.31 Å². The van der Waals surface area contributed by atoms with Gasteiger partial charge in [-0.2, -0.15) is 0 Å². The normalized spacial score (nSPS) is 11.6. The fourth-order valence-corrected chi connectivity index (χ4v) is 3.58. The molecule has 0 bridgehead atoms.